The minimum absolute atomic E-state index is 0.234. The first kappa shape index (κ1) is 16.0. The largest absolute Gasteiger partial charge is 0.459 e. The second-order valence-electron chi connectivity index (χ2n) is 4.86. The molecule has 1 rings (SSSR count). The number of esters is 1. The van der Waals surface area contributed by atoms with Crippen molar-refractivity contribution in [3.05, 3.63) is 39.4 Å². The van der Waals surface area contributed by atoms with Crippen molar-refractivity contribution in [1.29, 1.82) is 0 Å². The molecule has 0 aliphatic carbocycles. The van der Waals surface area contributed by atoms with Gasteiger partial charge in [0, 0.05) is 6.07 Å². The topological polar surface area (TPSA) is 69.4 Å². The molecule has 0 saturated heterocycles. The van der Waals surface area contributed by atoms with Gasteiger partial charge < -0.3 is 4.74 Å². The van der Waals surface area contributed by atoms with E-state index in [1.807, 2.05) is 13.8 Å². The third kappa shape index (κ3) is 3.72. The van der Waals surface area contributed by atoms with Gasteiger partial charge in [-0.15, -0.1) is 0 Å². The average molecular weight is 287 g/mol. The highest BCUT2D eigenvalue weighted by molar-refractivity contribution is 5.91. The quantitative estimate of drug-likeness (QED) is 0.472. The van der Waals surface area contributed by atoms with Crippen LogP contribution in [0.2, 0.25) is 0 Å². The molecule has 0 saturated carbocycles. The second kappa shape index (κ2) is 6.40. The van der Waals surface area contributed by atoms with E-state index in [-0.39, 0.29) is 5.92 Å². The van der Waals surface area contributed by atoms with E-state index in [2.05, 4.69) is 0 Å². The molecular weight excluding hydrogens is 272 g/mol. The zero-order valence-electron chi connectivity index (χ0n) is 11.4. The zero-order chi connectivity index (χ0) is 15.4. The number of nitro benzene ring substituents is 1. The Balaban J connectivity index is 3.04. The van der Waals surface area contributed by atoms with Crippen LogP contribution in [0.15, 0.2) is 12.1 Å². The van der Waals surface area contributed by atoms with Gasteiger partial charge in [0.05, 0.1) is 11.0 Å². The third-order valence-electron chi connectivity index (χ3n) is 2.58. The summed E-state index contributed by atoms with van der Waals surface area (Å²) >= 11 is 0. The number of hydrogen-bond acceptors (Lipinski definition) is 4. The molecule has 0 aliphatic rings. The first-order valence-corrected chi connectivity index (χ1v) is 6.07. The van der Waals surface area contributed by atoms with Crippen LogP contribution in [0, 0.1) is 27.7 Å². The summed E-state index contributed by atoms with van der Waals surface area (Å²) < 4.78 is 32.2. The van der Waals surface area contributed by atoms with Crippen LogP contribution in [-0.4, -0.2) is 17.0 Å². The molecule has 1 atom stereocenters. The molecule has 1 aromatic carbocycles. The SMILES string of the molecule is CC(C)CC(C)OC(=O)c1c(F)ccc([N+](=O)[O-])c1F. The van der Waals surface area contributed by atoms with Crippen molar-refractivity contribution in [3.8, 4) is 0 Å². The van der Waals surface area contributed by atoms with Gasteiger partial charge in [-0.05, 0) is 25.3 Å². The Labute approximate surface area is 114 Å². The molecule has 0 heterocycles. The van der Waals surface area contributed by atoms with Crippen LogP contribution in [0.3, 0.4) is 0 Å². The van der Waals surface area contributed by atoms with Gasteiger partial charge in [0.2, 0.25) is 5.82 Å². The molecular formula is C13H15F2NO4. The Hall–Kier alpha value is -2.05. The summed E-state index contributed by atoms with van der Waals surface area (Å²) in [6.07, 6.45) is -0.0234. The van der Waals surface area contributed by atoms with Gasteiger partial charge in [0.25, 0.3) is 0 Å². The Morgan fingerprint density at radius 1 is 1.35 bits per heavy atom. The van der Waals surface area contributed by atoms with E-state index in [9.17, 15) is 23.7 Å². The van der Waals surface area contributed by atoms with E-state index in [0.29, 0.717) is 18.6 Å². The molecule has 110 valence electrons. The third-order valence-corrected chi connectivity index (χ3v) is 2.58. The van der Waals surface area contributed by atoms with E-state index in [4.69, 9.17) is 4.74 Å². The van der Waals surface area contributed by atoms with Crippen molar-refractivity contribution in [3.63, 3.8) is 0 Å². The van der Waals surface area contributed by atoms with Gasteiger partial charge in [-0.2, -0.15) is 4.39 Å². The van der Waals surface area contributed by atoms with Crippen LogP contribution >= 0.6 is 0 Å². The fourth-order valence-electron chi connectivity index (χ4n) is 1.82. The molecule has 1 unspecified atom stereocenters. The van der Waals surface area contributed by atoms with Crippen LogP contribution in [0.1, 0.15) is 37.6 Å². The Morgan fingerprint density at radius 3 is 2.45 bits per heavy atom. The van der Waals surface area contributed by atoms with Crippen molar-refractivity contribution < 1.29 is 23.2 Å². The maximum absolute atomic E-state index is 13.8. The lowest BCUT2D eigenvalue weighted by Crippen LogP contribution is -2.19. The molecule has 5 nitrogen and oxygen atoms in total. The number of hydrogen-bond donors (Lipinski definition) is 0. The van der Waals surface area contributed by atoms with E-state index >= 15 is 0 Å². The molecule has 7 heteroatoms. The summed E-state index contributed by atoms with van der Waals surface area (Å²) in [6.45, 7) is 5.39. The van der Waals surface area contributed by atoms with Crippen molar-refractivity contribution in [1.82, 2.24) is 0 Å². The van der Waals surface area contributed by atoms with Gasteiger partial charge in [-0.25, -0.2) is 9.18 Å². The number of ether oxygens (including phenoxy) is 1. The Morgan fingerprint density at radius 2 is 1.95 bits per heavy atom. The maximum Gasteiger partial charge on any atom is 0.344 e. The van der Waals surface area contributed by atoms with E-state index in [0.717, 1.165) is 0 Å². The molecule has 0 radical (unpaired) electrons. The highest BCUT2D eigenvalue weighted by Gasteiger charge is 2.28. The second-order valence-corrected chi connectivity index (χ2v) is 4.86. The number of carbonyl (C=O) groups excluding carboxylic acids is 1. The summed E-state index contributed by atoms with van der Waals surface area (Å²) in [5, 5.41) is 10.6. The summed E-state index contributed by atoms with van der Waals surface area (Å²) in [6, 6.07) is 1.34. The minimum Gasteiger partial charge on any atom is -0.459 e. The van der Waals surface area contributed by atoms with E-state index in [1.165, 1.54) is 0 Å². The molecule has 0 spiro atoms. The Kier molecular flexibility index (Phi) is 5.12. The fourth-order valence-corrected chi connectivity index (χ4v) is 1.82. The summed E-state index contributed by atoms with van der Waals surface area (Å²) in [4.78, 5) is 21.3. The molecule has 0 amide bonds. The molecule has 20 heavy (non-hydrogen) atoms. The maximum atomic E-state index is 13.8. The minimum atomic E-state index is -1.52. The smallest absolute Gasteiger partial charge is 0.344 e. The predicted molar refractivity (Wildman–Crippen MR) is 67.3 cm³/mol. The number of benzene rings is 1. The van der Waals surface area contributed by atoms with Gasteiger partial charge in [0.1, 0.15) is 11.4 Å². The van der Waals surface area contributed by atoms with Crippen LogP contribution in [0.25, 0.3) is 0 Å². The van der Waals surface area contributed by atoms with Crippen molar-refractivity contribution >= 4 is 11.7 Å². The first-order valence-electron chi connectivity index (χ1n) is 6.07. The van der Waals surface area contributed by atoms with Crippen molar-refractivity contribution in [2.75, 3.05) is 0 Å². The lowest BCUT2D eigenvalue weighted by Gasteiger charge is -2.15. The predicted octanol–water partition coefficient (Wildman–Crippen LogP) is 3.46. The number of rotatable bonds is 5. The van der Waals surface area contributed by atoms with Gasteiger partial charge >= 0.3 is 11.7 Å². The summed E-state index contributed by atoms with van der Waals surface area (Å²) in [5.74, 6) is -3.71. The normalized spacial score (nSPS) is 12.3. The molecule has 0 aliphatic heterocycles. The van der Waals surface area contributed by atoms with Crippen molar-refractivity contribution in [2.24, 2.45) is 5.92 Å². The highest BCUT2D eigenvalue weighted by atomic mass is 19.1. The monoisotopic (exact) mass is 287 g/mol. The van der Waals surface area contributed by atoms with Gasteiger partial charge in [-0.1, -0.05) is 13.8 Å². The molecule has 0 fully saturated rings. The number of carbonyl (C=O) groups is 1. The highest BCUT2D eigenvalue weighted by Crippen LogP contribution is 2.24. The van der Waals surface area contributed by atoms with E-state index < -0.39 is 39.9 Å². The Bertz CT molecular complexity index is 531. The van der Waals surface area contributed by atoms with Crippen LogP contribution < -0.4 is 0 Å². The molecule has 1 aromatic rings. The van der Waals surface area contributed by atoms with Crippen LogP contribution in [0.4, 0.5) is 14.5 Å². The first-order chi connectivity index (χ1) is 9.23. The molecule has 0 bridgehead atoms. The molecule has 0 N–H and O–H groups in total. The van der Waals surface area contributed by atoms with E-state index in [1.54, 1.807) is 6.92 Å². The zero-order valence-corrected chi connectivity index (χ0v) is 11.4. The van der Waals surface area contributed by atoms with Crippen LogP contribution in [-0.2, 0) is 4.74 Å². The number of nitro groups is 1. The standard InChI is InChI=1S/C13H15F2NO4/c1-7(2)6-8(3)20-13(17)11-9(14)4-5-10(12(11)15)16(18)19/h4-5,7-8H,6H2,1-3H3. The molecule has 0 aromatic heterocycles. The average Bonchev–Trinajstić information content (AvgIpc) is 2.26. The lowest BCUT2D eigenvalue weighted by molar-refractivity contribution is -0.387. The van der Waals surface area contributed by atoms with Gasteiger partial charge in [0.15, 0.2) is 0 Å². The van der Waals surface area contributed by atoms with Crippen molar-refractivity contribution in [2.45, 2.75) is 33.3 Å². The number of nitrogens with zero attached hydrogens (tertiary/aromatic N) is 1. The summed E-state index contributed by atoms with van der Waals surface area (Å²) in [5.41, 5.74) is -2.00. The van der Waals surface area contributed by atoms with Gasteiger partial charge in [-0.3, -0.25) is 10.1 Å². The summed E-state index contributed by atoms with van der Waals surface area (Å²) in [7, 11) is 0. The lowest BCUT2D eigenvalue weighted by atomic mass is 10.1. The fraction of sp³-hybridized carbons (Fsp3) is 0.462. The number of halogens is 2. The van der Waals surface area contributed by atoms with Crippen LogP contribution in [0.5, 0.6) is 0 Å².